The number of aliphatic hydroxyl groups is 1. The fourth-order valence-corrected chi connectivity index (χ4v) is 1.04. The standard InChI is InChI=1S/C9H19N3O3/c1-6(13)4-3-5-11-7(2)8(14)12-9(10)15/h6-7,11,13H,3-5H2,1-2H3,(H3,10,12,14,15). The highest BCUT2D eigenvalue weighted by Crippen LogP contribution is 1.94. The lowest BCUT2D eigenvalue weighted by molar-refractivity contribution is -0.121. The van der Waals surface area contributed by atoms with E-state index in [4.69, 9.17) is 10.8 Å². The van der Waals surface area contributed by atoms with Crippen LogP contribution in [-0.4, -0.2) is 35.7 Å². The molecule has 5 N–H and O–H groups in total. The van der Waals surface area contributed by atoms with Crippen molar-refractivity contribution in [2.75, 3.05) is 6.54 Å². The summed E-state index contributed by atoms with van der Waals surface area (Å²) in [5, 5.41) is 13.9. The maximum atomic E-state index is 11.2. The lowest BCUT2D eigenvalue weighted by Gasteiger charge is -2.12. The molecule has 6 heteroatoms. The summed E-state index contributed by atoms with van der Waals surface area (Å²) in [5.74, 6) is -0.445. The van der Waals surface area contributed by atoms with Crippen LogP contribution in [0.25, 0.3) is 0 Å². The average molecular weight is 217 g/mol. The molecule has 0 aliphatic carbocycles. The number of hydrogen-bond acceptors (Lipinski definition) is 4. The first-order valence-electron chi connectivity index (χ1n) is 4.95. The Labute approximate surface area is 89.2 Å². The van der Waals surface area contributed by atoms with Crippen LogP contribution < -0.4 is 16.4 Å². The molecule has 0 bridgehead atoms. The molecule has 0 aromatic carbocycles. The third-order valence-corrected chi connectivity index (χ3v) is 1.89. The lowest BCUT2D eigenvalue weighted by Crippen LogP contribution is -2.46. The number of hydrogen-bond donors (Lipinski definition) is 4. The highest BCUT2D eigenvalue weighted by Gasteiger charge is 2.12. The minimum Gasteiger partial charge on any atom is -0.393 e. The maximum Gasteiger partial charge on any atom is 0.318 e. The zero-order valence-electron chi connectivity index (χ0n) is 9.12. The number of aliphatic hydroxyl groups excluding tert-OH is 1. The Balaban J connectivity index is 3.60. The number of nitrogens with two attached hydrogens (primary N) is 1. The number of rotatable bonds is 6. The van der Waals surface area contributed by atoms with Crippen LogP contribution in [0.4, 0.5) is 4.79 Å². The number of primary amides is 1. The normalized spacial score (nSPS) is 14.3. The Kier molecular flexibility index (Phi) is 6.64. The van der Waals surface area contributed by atoms with Crippen LogP contribution >= 0.6 is 0 Å². The topological polar surface area (TPSA) is 104 Å². The summed E-state index contributed by atoms with van der Waals surface area (Å²) in [6, 6.07) is -1.32. The number of imide groups is 1. The summed E-state index contributed by atoms with van der Waals surface area (Å²) in [6.07, 6.45) is 1.12. The Bertz CT molecular complexity index is 219. The van der Waals surface area contributed by atoms with E-state index in [-0.39, 0.29) is 6.10 Å². The fourth-order valence-electron chi connectivity index (χ4n) is 1.04. The van der Waals surface area contributed by atoms with Crippen LogP contribution in [0.1, 0.15) is 26.7 Å². The summed E-state index contributed by atoms with van der Waals surface area (Å²) in [7, 11) is 0. The van der Waals surface area contributed by atoms with Crippen molar-refractivity contribution in [2.45, 2.75) is 38.8 Å². The van der Waals surface area contributed by atoms with E-state index in [1.165, 1.54) is 0 Å². The quantitative estimate of drug-likeness (QED) is 0.442. The molecule has 88 valence electrons. The first-order chi connectivity index (χ1) is 6.93. The third kappa shape index (κ3) is 7.90. The first-order valence-corrected chi connectivity index (χ1v) is 4.95. The molecule has 0 rings (SSSR count). The predicted molar refractivity (Wildman–Crippen MR) is 56.1 cm³/mol. The number of carbonyl (C=O) groups is 2. The molecule has 0 radical (unpaired) electrons. The van der Waals surface area contributed by atoms with Crippen LogP contribution in [0.3, 0.4) is 0 Å². The van der Waals surface area contributed by atoms with Crippen molar-refractivity contribution >= 4 is 11.9 Å². The van der Waals surface area contributed by atoms with E-state index < -0.39 is 18.0 Å². The minimum absolute atomic E-state index is 0.332. The Morgan fingerprint density at radius 2 is 2.00 bits per heavy atom. The zero-order valence-corrected chi connectivity index (χ0v) is 9.12. The van der Waals surface area contributed by atoms with Crippen LogP contribution in [-0.2, 0) is 4.79 Å². The molecule has 0 aromatic rings. The van der Waals surface area contributed by atoms with E-state index in [0.29, 0.717) is 13.0 Å². The van der Waals surface area contributed by atoms with Crippen molar-refractivity contribution in [3.63, 3.8) is 0 Å². The number of carbonyl (C=O) groups excluding carboxylic acids is 2. The molecule has 2 unspecified atom stereocenters. The average Bonchev–Trinajstić information content (AvgIpc) is 2.10. The molecule has 0 aliphatic heterocycles. The Morgan fingerprint density at radius 3 is 2.47 bits per heavy atom. The van der Waals surface area contributed by atoms with Gasteiger partial charge >= 0.3 is 6.03 Å². The van der Waals surface area contributed by atoms with Crippen LogP contribution in [0.15, 0.2) is 0 Å². The van der Waals surface area contributed by atoms with Gasteiger partial charge in [-0.15, -0.1) is 0 Å². The van der Waals surface area contributed by atoms with Gasteiger partial charge in [-0.25, -0.2) is 4.79 Å². The van der Waals surface area contributed by atoms with Gasteiger partial charge < -0.3 is 16.2 Å². The van der Waals surface area contributed by atoms with E-state index in [1.54, 1.807) is 13.8 Å². The molecular weight excluding hydrogens is 198 g/mol. The second-order valence-electron chi connectivity index (χ2n) is 3.52. The van der Waals surface area contributed by atoms with Crippen molar-refractivity contribution in [3.05, 3.63) is 0 Å². The van der Waals surface area contributed by atoms with Gasteiger partial charge in [0.25, 0.3) is 0 Å². The van der Waals surface area contributed by atoms with Gasteiger partial charge in [0.05, 0.1) is 12.1 Å². The van der Waals surface area contributed by atoms with Crippen molar-refractivity contribution < 1.29 is 14.7 Å². The van der Waals surface area contributed by atoms with Gasteiger partial charge in [-0.1, -0.05) is 0 Å². The van der Waals surface area contributed by atoms with Gasteiger partial charge in [-0.2, -0.15) is 0 Å². The van der Waals surface area contributed by atoms with Gasteiger partial charge in [-0.3, -0.25) is 10.1 Å². The number of nitrogens with one attached hydrogen (secondary N) is 2. The molecule has 2 atom stereocenters. The number of urea groups is 1. The summed E-state index contributed by atoms with van der Waals surface area (Å²) < 4.78 is 0. The van der Waals surface area contributed by atoms with E-state index in [1.807, 2.05) is 5.32 Å². The highest BCUT2D eigenvalue weighted by molar-refractivity contribution is 5.96. The third-order valence-electron chi connectivity index (χ3n) is 1.89. The predicted octanol–water partition coefficient (Wildman–Crippen LogP) is -0.680. The summed E-state index contributed by atoms with van der Waals surface area (Å²) in [6.45, 7) is 3.96. The van der Waals surface area contributed by atoms with Crippen LogP contribution in [0.2, 0.25) is 0 Å². The van der Waals surface area contributed by atoms with E-state index >= 15 is 0 Å². The van der Waals surface area contributed by atoms with Gasteiger partial charge in [0, 0.05) is 0 Å². The SMILES string of the molecule is CC(O)CCCNC(C)C(=O)NC(N)=O. The lowest BCUT2D eigenvalue weighted by atomic mass is 10.2. The fraction of sp³-hybridized carbons (Fsp3) is 0.778. The summed E-state index contributed by atoms with van der Waals surface area (Å²) in [5.41, 5.74) is 4.79. The van der Waals surface area contributed by atoms with Crippen molar-refractivity contribution in [1.29, 1.82) is 0 Å². The smallest absolute Gasteiger partial charge is 0.318 e. The molecule has 15 heavy (non-hydrogen) atoms. The van der Waals surface area contributed by atoms with Gasteiger partial charge in [0.2, 0.25) is 5.91 Å². The molecule has 0 fully saturated rings. The van der Waals surface area contributed by atoms with Crippen LogP contribution in [0, 0.1) is 0 Å². The van der Waals surface area contributed by atoms with Gasteiger partial charge in [-0.05, 0) is 33.2 Å². The van der Waals surface area contributed by atoms with E-state index in [0.717, 1.165) is 6.42 Å². The van der Waals surface area contributed by atoms with E-state index in [9.17, 15) is 9.59 Å². The molecule has 0 saturated heterocycles. The molecule has 0 heterocycles. The maximum absolute atomic E-state index is 11.2. The Hall–Kier alpha value is -1.14. The largest absolute Gasteiger partial charge is 0.393 e. The molecule has 0 saturated carbocycles. The summed E-state index contributed by atoms with van der Waals surface area (Å²) in [4.78, 5) is 21.5. The minimum atomic E-state index is -0.849. The second kappa shape index (κ2) is 7.19. The molecule has 0 aromatic heterocycles. The van der Waals surface area contributed by atoms with Gasteiger partial charge in [0.1, 0.15) is 0 Å². The van der Waals surface area contributed by atoms with Crippen LogP contribution in [0.5, 0.6) is 0 Å². The van der Waals surface area contributed by atoms with E-state index in [2.05, 4.69) is 5.32 Å². The second-order valence-corrected chi connectivity index (χ2v) is 3.52. The molecular formula is C9H19N3O3. The van der Waals surface area contributed by atoms with Crippen molar-refractivity contribution in [1.82, 2.24) is 10.6 Å². The molecule has 0 aliphatic rings. The monoisotopic (exact) mass is 217 g/mol. The molecule has 0 spiro atoms. The zero-order chi connectivity index (χ0) is 11.8. The van der Waals surface area contributed by atoms with Crippen molar-refractivity contribution in [2.24, 2.45) is 5.73 Å². The number of amides is 3. The highest BCUT2D eigenvalue weighted by atomic mass is 16.3. The van der Waals surface area contributed by atoms with Crippen molar-refractivity contribution in [3.8, 4) is 0 Å². The Morgan fingerprint density at radius 1 is 1.40 bits per heavy atom. The molecule has 3 amide bonds. The molecule has 6 nitrogen and oxygen atoms in total. The summed E-state index contributed by atoms with van der Waals surface area (Å²) >= 11 is 0. The first kappa shape index (κ1) is 13.9. The van der Waals surface area contributed by atoms with Gasteiger partial charge in [0.15, 0.2) is 0 Å².